The molecule has 0 spiro atoms. The Morgan fingerprint density at radius 1 is 1.04 bits per heavy atom. The van der Waals surface area contributed by atoms with Crippen LogP contribution in [0.2, 0.25) is 0 Å². The highest BCUT2D eigenvalue weighted by Crippen LogP contribution is 2.35. The Morgan fingerprint density at radius 3 is 2.57 bits per heavy atom. The van der Waals surface area contributed by atoms with Gasteiger partial charge < -0.3 is 4.74 Å². The van der Waals surface area contributed by atoms with Crippen LogP contribution in [-0.4, -0.2) is 21.6 Å². The first-order valence-corrected chi connectivity index (χ1v) is 10.5. The lowest BCUT2D eigenvalue weighted by molar-refractivity contribution is 0.304. The zero-order valence-electron chi connectivity index (χ0n) is 16.4. The van der Waals surface area contributed by atoms with Crippen LogP contribution in [0, 0.1) is 6.92 Å². The maximum atomic E-state index is 5.85. The van der Waals surface area contributed by atoms with E-state index in [4.69, 9.17) is 15.6 Å². The maximum absolute atomic E-state index is 5.85. The van der Waals surface area contributed by atoms with Gasteiger partial charge in [0, 0.05) is 11.8 Å². The van der Waals surface area contributed by atoms with Crippen molar-refractivity contribution in [2.24, 2.45) is 5.84 Å². The Hall–Kier alpha value is -2.51. The number of rotatable bonds is 10. The number of aromatic nitrogens is 3. The number of hydrogen-bond donors (Lipinski definition) is 2. The van der Waals surface area contributed by atoms with Gasteiger partial charge in [0.05, 0.1) is 22.9 Å². The van der Waals surface area contributed by atoms with Crippen molar-refractivity contribution in [1.29, 1.82) is 0 Å². The minimum absolute atomic E-state index is 0.392. The molecule has 6 nitrogen and oxygen atoms in total. The van der Waals surface area contributed by atoms with E-state index in [0.29, 0.717) is 5.95 Å². The van der Waals surface area contributed by atoms with E-state index in [9.17, 15) is 0 Å². The highest BCUT2D eigenvalue weighted by molar-refractivity contribution is 7.18. The van der Waals surface area contributed by atoms with Crippen molar-refractivity contribution >= 4 is 17.3 Å². The summed E-state index contributed by atoms with van der Waals surface area (Å²) in [5, 5.41) is 0.958. The number of nitrogens with two attached hydrogens (primary N) is 1. The van der Waals surface area contributed by atoms with E-state index < -0.39 is 0 Å². The number of thiazole rings is 1. The van der Waals surface area contributed by atoms with E-state index in [2.05, 4.69) is 34.5 Å². The van der Waals surface area contributed by atoms with Crippen molar-refractivity contribution in [1.82, 2.24) is 15.0 Å². The van der Waals surface area contributed by atoms with Crippen LogP contribution in [0.5, 0.6) is 5.75 Å². The molecular formula is C21H27N5OS. The number of ether oxygens (including phenoxy) is 1. The SMILES string of the molecule is CCCCCCCOc1ccc(-c2nc(C)c(-c3ccnc(NN)n3)s2)cc1. The largest absolute Gasteiger partial charge is 0.494 e. The molecule has 0 aliphatic carbocycles. The predicted octanol–water partition coefficient (Wildman–Crippen LogP) is 5.21. The molecule has 0 aliphatic heterocycles. The van der Waals surface area contributed by atoms with E-state index in [1.165, 1.54) is 25.7 Å². The Kier molecular flexibility index (Phi) is 7.33. The molecule has 7 heteroatoms. The van der Waals surface area contributed by atoms with Crippen molar-refractivity contribution in [3.05, 3.63) is 42.2 Å². The van der Waals surface area contributed by atoms with Crippen LogP contribution in [0.1, 0.15) is 44.7 Å². The molecule has 28 heavy (non-hydrogen) atoms. The number of nitrogens with zero attached hydrogens (tertiary/aromatic N) is 3. The summed E-state index contributed by atoms with van der Waals surface area (Å²) in [6, 6.07) is 10.0. The topological polar surface area (TPSA) is 86.0 Å². The summed E-state index contributed by atoms with van der Waals surface area (Å²) in [5.41, 5.74) is 5.30. The van der Waals surface area contributed by atoms with Gasteiger partial charge in [0.15, 0.2) is 0 Å². The van der Waals surface area contributed by atoms with Gasteiger partial charge in [-0.2, -0.15) is 0 Å². The molecule has 0 saturated heterocycles. The number of nitrogens with one attached hydrogen (secondary N) is 1. The molecule has 2 heterocycles. The average Bonchev–Trinajstić information content (AvgIpc) is 3.13. The van der Waals surface area contributed by atoms with Gasteiger partial charge in [-0.25, -0.2) is 20.8 Å². The Labute approximate surface area is 170 Å². The van der Waals surface area contributed by atoms with Crippen LogP contribution in [0.3, 0.4) is 0 Å². The van der Waals surface area contributed by atoms with Gasteiger partial charge >= 0.3 is 0 Å². The van der Waals surface area contributed by atoms with E-state index in [-0.39, 0.29) is 0 Å². The number of hydrogen-bond acceptors (Lipinski definition) is 7. The molecule has 0 unspecified atom stereocenters. The Balaban J connectivity index is 1.64. The van der Waals surface area contributed by atoms with Crippen LogP contribution in [0.25, 0.3) is 21.1 Å². The summed E-state index contributed by atoms with van der Waals surface area (Å²) < 4.78 is 5.85. The normalized spacial score (nSPS) is 10.8. The fraction of sp³-hybridized carbons (Fsp3) is 0.381. The molecule has 3 rings (SSSR count). The first-order valence-electron chi connectivity index (χ1n) is 9.72. The number of nitrogen functional groups attached to an aromatic ring is 1. The molecule has 0 fully saturated rings. The van der Waals surface area contributed by atoms with Gasteiger partial charge in [-0.3, -0.25) is 5.43 Å². The third-order valence-corrected chi connectivity index (χ3v) is 5.66. The van der Waals surface area contributed by atoms with Gasteiger partial charge in [0.1, 0.15) is 10.8 Å². The molecule has 148 valence electrons. The molecule has 3 N–H and O–H groups in total. The zero-order chi connectivity index (χ0) is 19.8. The van der Waals surface area contributed by atoms with Crippen molar-refractivity contribution in [2.75, 3.05) is 12.0 Å². The van der Waals surface area contributed by atoms with Crippen LogP contribution < -0.4 is 16.0 Å². The fourth-order valence-electron chi connectivity index (χ4n) is 2.90. The van der Waals surface area contributed by atoms with Gasteiger partial charge in [0.25, 0.3) is 0 Å². The quantitative estimate of drug-likeness (QED) is 0.277. The summed E-state index contributed by atoms with van der Waals surface area (Å²) in [5.74, 6) is 6.71. The van der Waals surface area contributed by atoms with Gasteiger partial charge in [-0.15, -0.1) is 11.3 Å². The molecule has 0 radical (unpaired) electrons. The monoisotopic (exact) mass is 397 g/mol. The summed E-state index contributed by atoms with van der Waals surface area (Å²) >= 11 is 1.61. The van der Waals surface area contributed by atoms with Gasteiger partial charge in [-0.05, 0) is 43.7 Å². The standard InChI is InChI=1S/C21H27N5OS/c1-3-4-5-6-7-14-27-17-10-8-16(9-11-17)20-24-15(2)19(28-20)18-12-13-23-21(25-18)26-22/h8-13H,3-7,14,22H2,1-2H3,(H,23,25,26). The third-order valence-electron chi connectivity index (χ3n) is 4.43. The average molecular weight is 398 g/mol. The number of hydrazine groups is 1. The summed E-state index contributed by atoms with van der Waals surface area (Å²) in [6.45, 7) is 4.99. The smallest absolute Gasteiger partial charge is 0.237 e. The number of benzene rings is 1. The minimum atomic E-state index is 0.392. The van der Waals surface area contributed by atoms with Crippen molar-refractivity contribution < 1.29 is 4.74 Å². The second-order valence-electron chi connectivity index (χ2n) is 6.63. The van der Waals surface area contributed by atoms with Crippen molar-refractivity contribution in [3.8, 4) is 26.9 Å². The second kappa shape index (κ2) is 10.1. The summed E-state index contributed by atoms with van der Waals surface area (Å²) in [7, 11) is 0. The summed E-state index contributed by atoms with van der Waals surface area (Å²) in [4.78, 5) is 14.2. The third kappa shape index (κ3) is 5.27. The molecule has 0 atom stereocenters. The van der Waals surface area contributed by atoms with Crippen LogP contribution in [-0.2, 0) is 0 Å². The molecular weight excluding hydrogens is 370 g/mol. The van der Waals surface area contributed by atoms with Crippen LogP contribution in [0.4, 0.5) is 5.95 Å². The Morgan fingerprint density at radius 2 is 1.82 bits per heavy atom. The molecule has 0 bridgehead atoms. The predicted molar refractivity (Wildman–Crippen MR) is 115 cm³/mol. The van der Waals surface area contributed by atoms with Crippen molar-refractivity contribution in [3.63, 3.8) is 0 Å². The van der Waals surface area contributed by atoms with Gasteiger partial charge in [0.2, 0.25) is 5.95 Å². The Bertz CT molecular complexity index is 879. The van der Waals surface area contributed by atoms with E-state index in [1.54, 1.807) is 17.5 Å². The van der Waals surface area contributed by atoms with Crippen LogP contribution >= 0.6 is 11.3 Å². The number of unbranched alkanes of at least 4 members (excludes halogenated alkanes) is 4. The molecule has 3 aromatic rings. The maximum Gasteiger partial charge on any atom is 0.237 e. The highest BCUT2D eigenvalue weighted by Gasteiger charge is 2.13. The molecule has 0 aliphatic rings. The molecule has 0 saturated carbocycles. The molecule has 1 aromatic carbocycles. The van der Waals surface area contributed by atoms with E-state index >= 15 is 0 Å². The first-order chi connectivity index (χ1) is 13.7. The second-order valence-corrected chi connectivity index (χ2v) is 7.63. The first kappa shape index (κ1) is 20.2. The van der Waals surface area contributed by atoms with Gasteiger partial charge in [-0.1, -0.05) is 32.6 Å². The fourth-order valence-corrected chi connectivity index (χ4v) is 3.94. The summed E-state index contributed by atoms with van der Waals surface area (Å²) in [6.07, 6.45) is 7.89. The molecule has 2 aromatic heterocycles. The van der Waals surface area contributed by atoms with Crippen LogP contribution in [0.15, 0.2) is 36.5 Å². The molecule has 0 amide bonds. The van der Waals surface area contributed by atoms with E-state index in [1.807, 2.05) is 25.1 Å². The number of aryl methyl sites for hydroxylation is 1. The lowest BCUT2D eigenvalue weighted by Crippen LogP contribution is -2.10. The highest BCUT2D eigenvalue weighted by atomic mass is 32.1. The minimum Gasteiger partial charge on any atom is -0.494 e. The van der Waals surface area contributed by atoms with E-state index in [0.717, 1.165) is 45.6 Å². The lowest BCUT2D eigenvalue weighted by atomic mass is 10.2. The zero-order valence-corrected chi connectivity index (χ0v) is 17.3. The number of anilines is 1. The van der Waals surface area contributed by atoms with Crippen molar-refractivity contribution in [2.45, 2.75) is 46.0 Å². The lowest BCUT2D eigenvalue weighted by Gasteiger charge is -2.06.